The van der Waals surface area contributed by atoms with E-state index in [-0.39, 0.29) is 16.9 Å². The van der Waals surface area contributed by atoms with Gasteiger partial charge in [-0.1, -0.05) is 29.5 Å². The fourth-order valence-corrected chi connectivity index (χ4v) is 7.20. The van der Waals surface area contributed by atoms with Crippen LogP contribution in [0.25, 0.3) is 21.0 Å². The van der Waals surface area contributed by atoms with Crippen molar-refractivity contribution in [3.05, 3.63) is 65.2 Å². The number of hydrogen-bond acceptors (Lipinski definition) is 6. The Morgan fingerprint density at radius 2 is 1.97 bits per heavy atom. The first-order chi connectivity index (χ1) is 16.9. The third kappa shape index (κ3) is 4.02. The van der Waals surface area contributed by atoms with Gasteiger partial charge in [-0.15, -0.1) is 0 Å². The van der Waals surface area contributed by atoms with Crippen LogP contribution in [0.3, 0.4) is 0 Å². The van der Waals surface area contributed by atoms with E-state index in [4.69, 9.17) is 9.72 Å². The molecule has 1 aromatic heterocycles. The molecular weight excluding hydrogens is 482 g/mol. The lowest BCUT2D eigenvalue weighted by atomic mass is 10.0. The molecule has 1 N–H and O–H groups in total. The van der Waals surface area contributed by atoms with Gasteiger partial charge in [0.15, 0.2) is 5.13 Å². The Labute approximate surface area is 207 Å². The van der Waals surface area contributed by atoms with E-state index in [0.717, 1.165) is 41.3 Å². The minimum absolute atomic E-state index is 0.0672. The number of aromatic nitrogens is 1. The first kappa shape index (κ1) is 22.6. The van der Waals surface area contributed by atoms with Crippen molar-refractivity contribution in [3.63, 3.8) is 0 Å². The van der Waals surface area contributed by atoms with Crippen LogP contribution in [0.15, 0.2) is 53.4 Å². The van der Waals surface area contributed by atoms with Crippen LogP contribution in [0, 0.1) is 0 Å². The van der Waals surface area contributed by atoms with Gasteiger partial charge in [0.25, 0.3) is 5.91 Å². The van der Waals surface area contributed by atoms with Gasteiger partial charge in [-0.05, 0) is 72.5 Å². The molecule has 0 bridgehead atoms. The van der Waals surface area contributed by atoms with Crippen LogP contribution in [-0.4, -0.2) is 49.9 Å². The molecule has 180 valence electrons. The second-order valence-corrected chi connectivity index (χ2v) is 12.2. The first-order valence-electron chi connectivity index (χ1n) is 11.7. The number of fused-ring (bicyclic) bond motifs is 2. The van der Waals surface area contributed by atoms with E-state index in [1.165, 1.54) is 56.4 Å². The zero-order valence-electron chi connectivity index (χ0n) is 19.3. The molecule has 6 rings (SSSR count). The number of nitrogens with one attached hydrogen (secondary N) is 1. The van der Waals surface area contributed by atoms with Crippen LogP contribution >= 0.6 is 11.3 Å². The number of rotatable bonds is 6. The van der Waals surface area contributed by atoms with Gasteiger partial charge in [-0.25, -0.2) is 13.4 Å². The van der Waals surface area contributed by atoms with Crippen molar-refractivity contribution in [2.24, 2.45) is 0 Å². The molecule has 1 saturated heterocycles. The summed E-state index contributed by atoms with van der Waals surface area (Å²) in [7, 11) is -2.10. The van der Waals surface area contributed by atoms with Crippen molar-refractivity contribution in [2.75, 3.05) is 25.5 Å². The summed E-state index contributed by atoms with van der Waals surface area (Å²) >= 11 is 1.46. The van der Waals surface area contributed by atoms with Gasteiger partial charge in [0.2, 0.25) is 10.0 Å². The molecule has 4 aromatic rings. The van der Waals surface area contributed by atoms with Crippen LogP contribution < -0.4 is 5.32 Å². The van der Waals surface area contributed by atoms with Gasteiger partial charge in [0.1, 0.15) is 0 Å². The number of carbonyl (C=O) groups is 1. The topological polar surface area (TPSA) is 88.6 Å². The molecule has 0 spiro atoms. The molecule has 1 atom stereocenters. The SMILES string of the molecule is CN(CC1CCCO1)S(=O)(=O)c1ccc(C(=O)Nc2nc3c(cc4c5c(cccc53)CC4)s2)cc1. The van der Waals surface area contributed by atoms with Crippen molar-refractivity contribution in [3.8, 4) is 0 Å². The van der Waals surface area contributed by atoms with Gasteiger partial charge in [-0.3, -0.25) is 10.1 Å². The highest BCUT2D eigenvalue weighted by molar-refractivity contribution is 7.89. The number of sulfonamides is 1. The number of anilines is 1. The van der Waals surface area contributed by atoms with Crippen molar-refractivity contribution >= 4 is 53.4 Å². The van der Waals surface area contributed by atoms with Gasteiger partial charge < -0.3 is 4.74 Å². The number of ether oxygens (including phenoxy) is 1. The average molecular weight is 508 g/mol. The number of aryl methyl sites for hydroxylation is 2. The minimum Gasteiger partial charge on any atom is -0.377 e. The summed E-state index contributed by atoms with van der Waals surface area (Å²) in [4.78, 5) is 17.8. The zero-order chi connectivity index (χ0) is 24.2. The molecule has 2 heterocycles. The molecular formula is C26H25N3O4S2. The van der Waals surface area contributed by atoms with Crippen LogP contribution in [0.4, 0.5) is 5.13 Å². The third-order valence-corrected chi connectivity index (χ3v) is 9.63. The number of hydrogen-bond donors (Lipinski definition) is 1. The Morgan fingerprint density at radius 3 is 2.74 bits per heavy atom. The van der Waals surface area contributed by atoms with E-state index in [1.54, 1.807) is 7.05 Å². The lowest BCUT2D eigenvalue weighted by Gasteiger charge is -2.20. The Bertz CT molecular complexity index is 1560. The zero-order valence-corrected chi connectivity index (χ0v) is 20.9. The Kier molecular flexibility index (Phi) is 5.60. The molecule has 1 amide bonds. The molecule has 1 unspecified atom stereocenters. The van der Waals surface area contributed by atoms with E-state index < -0.39 is 10.0 Å². The number of thiazole rings is 1. The summed E-state index contributed by atoms with van der Waals surface area (Å²) < 4.78 is 33.8. The molecule has 0 saturated carbocycles. The van der Waals surface area contributed by atoms with E-state index in [0.29, 0.717) is 23.8 Å². The van der Waals surface area contributed by atoms with Crippen molar-refractivity contribution in [2.45, 2.75) is 36.7 Å². The van der Waals surface area contributed by atoms with Gasteiger partial charge in [0.05, 0.1) is 21.2 Å². The fraction of sp³-hybridized carbons (Fsp3) is 0.308. The molecule has 2 aliphatic rings. The van der Waals surface area contributed by atoms with Crippen LogP contribution in [0.5, 0.6) is 0 Å². The lowest BCUT2D eigenvalue weighted by molar-refractivity contribution is 0.0979. The highest BCUT2D eigenvalue weighted by atomic mass is 32.2. The second-order valence-electron chi connectivity index (χ2n) is 9.14. The summed E-state index contributed by atoms with van der Waals surface area (Å²) in [6, 6.07) is 14.5. The maximum absolute atomic E-state index is 12.9. The van der Waals surface area contributed by atoms with Gasteiger partial charge >= 0.3 is 0 Å². The molecule has 35 heavy (non-hydrogen) atoms. The largest absolute Gasteiger partial charge is 0.377 e. The number of likely N-dealkylation sites (N-methyl/N-ethyl adjacent to an activating group) is 1. The predicted octanol–water partition coefficient (Wildman–Crippen LogP) is 4.60. The Morgan fingerprint density at radius 1 is 1.17 bits per heavy atom. The maximum Gasteiger partial charge on any atom is 0.257 e. The summed E-state index contributed by atoms with van der Waals surface area (Å²) in [5.41, 5.74) is 3.97. The molecule has 9 heteroatoms. The highest BCUT2D eigenvalue weighted by Crippen LogP contribution is 2.39. The molecule has 1 fully saturated rings. The number of nitrogens with zero attached hydrogens (tertiary/aromatic N) is 2. The number of carbonyl (C=O) groups excluding carboxylic acids is 1. The molecule has 3 aromatic carbocycles. The summed E-state index contributed by atoms with van der Waals surface area (Å²) in [5, 5.41) is 5.84. The van der Waals surface area contributed by atoms with Crippen molar-refractivity contribution in [1.82, 2.24) is 9.29 Å². The van der Waals surface area contributed by atoms with E-state index >= 15 is 0 Å². The van der Waals surface area contributed by atoms with Crippen LogP contribution in [-0.2, 0) is 27.6 Å². The standard InChI is InChI=1S/C26H25N3O4S2/c1-29(15-19-5-3-13-33-19)35(31,32)20-11-9-17(10-12-20)25(30)28-26-27-24-21-6-2-4-16-7-8-18(23(16)21)14-22(24)34-26/h2,4,6,9-12,14,19H,3,5,7-8,13,15H2,1H3,(H,27,28,30). The molecule has 7 nitrogen and oxygen atoms in total. The van der Waals surface area contributed by atoms with Crippen LogP contribution in [0.1, 0.15) is 34.3 Å². The number of amides is 1. The van der Waals surface area contributed by atoms with Crippen molar-refractivity contribution < 1.29 is 17.9 Å². The quantitative estimate of drug-likeness (QED) is 0.412. The first-order valence-corrected chi connectivity index (χ1v) is 14.0. The van der Waals surface area contributed by atoms with E-state index in [1.807, 2.05) is 0 Å². The highest BCUT2D eigenvalue weighted by Gasteiger charge is 2.26. The Hall–Kier alpha value is -2.85. The third-order valence-electron chi connectivity index (χ3n) is 6.88. The monoisotopic (exact) mass is 507 g/mol. The van der Waals surface area contributed by atoms with Crippen LogP contribution in [0.2, 0.25) is 0 Å². The summed E-state index contributed by atoms with van der Waals surface area (Å²) in [6.07, 6.45) is 3.84. The van der Waals surface area contributed by atoms with E-state index in [9.17, 15) is 13.2 Å². The Balaban J connectivity index is 1.21. The molecule has 0 radical (unpaired) electrons. The average Bonchev–Trinajstić information content (AvgIpc) is 3.60. The summed E-state index contributed by atoms with van der Waals surface area (Å²) in [5.74, 6) is -0.321. The maximum atomic E-state index is 12.9. The number of benzene rings is 3. The fourth-order valence-electron chi connectivity index (χ4n) is 5.06. The summed E-state index contributed by atoms with van der Waals surface area (Å²) in [6.45, 7) is 0.996. The minimum atomic E-state index is -3.66. The smallest absolute Gasteiger partial charge is 0.257 e. The lowest BCUT2D eigenvalue weighted by Crippen LogP contribution is -2.34. The normalized spacial score (nSPS) is 17.6. The molecule has 1 aliphatic carbocycles. The van der Waals surface area contributed by atoms with E-state index in [2.05, 4.69) is 29.6 Å². The van der Waals surface area contributed by atoms with Crippen molar-refractivity contribution in [1.29, 1.82) is 0 Å². The second kappa shape index (κ2) is 8.67. The molecule has 1 aliphatic heterocycles. The van der Waals surface area contributed by atoms with Gasteiger partial charge in [-0.2, -0.15) is 4.31 Å². The predicted molar refractivity (Wildman–Crippen MR) is 138 cm³/mol. The van der Waals surface area contributed by atoms with Gasteiger partial charge in [0, 0.05) is 31.1 Å².